The summed E-state index contributed by atoms with van der Waals surface area (Å²) in [7, 11) is 0. The van der Waals surface area contributed by atoms with Crippen LogP contribution in [0.1, 0.15) is 15.2 Å². The number of carbonyl (C=O) groups is 1. The summed E-state index contributed by atoms with van der Waals surface area (Å²) in [5, 5.41) is 4.82. The number of carbonyl (C=O) groups excluding carboxylic acids is 1. The van der Waals surface area contributed by atoms with Crippen LogP contribution in [0.5, 0.6) is 0 Å². The van der Waals surface area contributed by atoms with Crippen LogP contribution in [0.4, 0.5) is 5.69 Å². The van der Waals surface area contributed by atoms with Crippen molar-refractivity contribution in [2.75, 3.05) is 5.32 Å². The van der Waals surface area contributed by atoms with Crippen molar-refractivity contribution in [3.05, 3.63) is 70.4 Å². The van der Waals surface area contributed by atoms with Gasteiger partial charge in [0.25, 0.3) is 5.91 Å². The first-order valence-electron chi connectivity index (χ1n) is 7.61. The van der Waals surface area contributed by atoms with Gasteiger partial charge in [0.2, 0.25) is 0 Å². The lowest BCUT2D eigenvalue weighted by Gasteiger charge is -2.05. The molecule has 4 nitrogen and oxygen atoms in total. The molecule has 24 heavy (non-hydrogen) atoms. The van der Waals surface area contributed by atoms with Gasteiger partial charge < -0.3 is 10.3 Å². The van der Waals surface area contributed by atoms with Gasteiger partial charge in [0.15, 0.2) is 0 Å². The van der Waals surface area contributed by atoms with Crippen LogP contribution in [0, 0.1) is 6.92 Å². The maximum atomic E-state index is 12.2. The summed E-state index contributed by atoms with van der Waals surface area (Å²) in [6.07, 6.45) is 0. The summed E-state index contributed by atoms with van der Waals surface area (Å²) in [6, 6.07) is 17.5. The Labute approximate surface area is 143 Å². The quantitative estimate of drug-likeness (QED) is 0.563. The first kappa shape index (κ1) is 14.7. The van der Waals surface area contributed by atoms with Crippen LogP contribution in [0.25, 0.3) is 22.4 Å². The summed E-state index contributed by atoms with van der Waals surface area (Å²) >= 11 is 1.42. The zero-order valence-electron chi connectivity index (χ0n) is 13.0. The molecular weight excluding hydrogens is 318 g/mol. The molecule has 5 heteroatoms. The maximum Gasteiger partial charge on any atom is 0.265 e. The lowest BCUT2D eigenvalue weighted by molar-refractivity contribution is 0.103. The number of rotatable bonds is 3. The lowest BCUT2D eigenvalue weighted by atomic mass is 10.2. The minimum absolute atomic E-state index is 0.0950. The van der Waals surface area contributed by atoms with E-state index in [2.05, 4.69) is 28.3 Å². The number of hydrogen-bond acceptors (Lipinski definition) is 3. The molecule has 4 rings (SSSR count). The largest absolute Gasteiger partial charge is 0.338 e. The standard InChI is InChI=1S/C19H15N3OS/c1-12-7-8-15-16(10-12)22-18(21-15)13-4-2-5-14(11-13)20-19(23)17-6-3-9-24-17/h2-11H,1H3,(H,20,23)(H,21,22). The zero-order valence-corrected chi connectivity index (χ0v) is 13.9. The van der Waals surface area contributed by atoms with Gasteiger partial charge in [-0.25, -0.2) is 4.98 Å². The van der Waals surface area contributed by atoms with Crippen LogP contribution in [0.3, 0.4) is 0 Å². The van der Waals surface area contributed by atoms with Gasteiger partial charge in [-0.3, -0.25) is 4.79 Å². The van der Waals surface area contributed by atoms with Gasteiger partial charge in [-0.05, 0) is 48.2 Å². The zero-order chi connectivity index (χ0) is 16.5. The lowest BCUT2D eigenvalue weighted by Crippen LogP contribution is -2.09. The van der Waals surface area contributed by atoms with Crippen LogP contribution in [-0.4, -0.2) is 15.9 Å². The van der Waals surface area contributed by atoms with Crippen molar-refractivity contribution in [2.24, 2.45) is 0 Å². The molecule has 1 amide bonds. The fourth-order valence-corrected chi connectivity index (χ4v) is 3.22. The number of nitrogens with one attached hydrogen (secondary N) is 2. The Morgan fingerprint density at radius 3 is 2.88 bits per heavy atom. The van der Waals surface area contributed by atoms with E-state index in [1.807, 2.05) is 53.9 Å². The molecule has 0 fully saturated rings. The number of benzene rings is 2. The van der Waals surface area contributed by atoms with E-state index in [0.717, 1.165) is 28.1 Å². The monoisotopic (exact) mass is 333 g/mol. The summed E-state index contributed by atoms with van der Waals surface area (Å²) < 4.78 is 0. The third-order valence-corrected chi connectivity index (χ3v) is 4.64. The first-order valence-corrected chi connectivity index (χ1v) is 8.49. The molecule has 0 saturated heterocycles. The average molecular weight is 333 g/mol. The van der Waals surface area contributed by atoms with Crippen molar-refractivity contribution >= 4 is 34.0 Å². The Morgan fingerprint density at radius 1 is 1.12 bits per heavy atom. The van der Waals surface area contributed by atoms with E-state index in [-0.39, 0.29) is 5.91 Å². The van der Waals surface area contributed by atoms with Gasteiger partial charge in [0.05, 0.1) is 15.9 Å². The predicted molar refractivity (Wildman–Crippen MR) is 98.5 cm³/mol. The summed E-state index contributed by atoms with van der Waals surface area (Å²) in [4.78, 5) is 20.8. The van der Waals surface area contributed by atoms with Crippen molar-refractivity contribution < 1.29 is 4.79 Å². The Balaban J connectivity index is 1.65. The molecule has 0 atom stereocenters. The van der Waals surface area contributed by atoms with Gasteiger partial charge >= 0.3 is 0 Å². The molecule has 0 aliphatic heterocycles. The number of amides is 1. The van der Waals surface area contributed by atoms with Crippen molar-refractivity contribution in [2.45, 2.75) is 6.92 Å². The van der Waals surface area contributed by atoms with Gasteiger partial charge in [0, 0.05) is 11.3 Å². The Kier molecular flexibility index (Phi) is 3.63. The first-order chi connectivity index (χ1) is 11.7. The highest BCUT2D eigenvalue weighted by molar-refractivity contribution is 7.12. The van der Waals surface area contributed by atoms with Crippen molar-refractivity contribution in [3.8, 4) is 11.4 Å². The van der Waals surface area contributed by atoms with Gasteiger partial charge in [0.1, 0.15) is 5.82 Å². The molecule has 2 aromatic carbocycles. The van der Waals surface area contributed by atoms with E-state index in [1.54, 1.807) is 0 Å². The number of aromatic nitrogens is 2. The van der Waals surface area contributed by atoms with Gasteiger partial charge in [-0.2, -0.15) is 0 Å². The molecular formula is C19H15N3OS. The number of nitrogens with zero attached hydrogens (tertiary/aromatic N) is 1. The van der Waals surface area contributed by atoms with Crippen LogP contribution < -0.4 is 5.32 Å². The molecule has 0 aliphatic rings. The number of aromatic amines is 1. The molecule has 2 aromatic heterocycles. The second-order valence-electron chi connectivity index (χ2n) is 5.62. The summed E-state index contributed by atoms with van der Waals surface area (Å²) in [5.41, 5.74) is 4.83. The molecule has 0 radical (unpaired) electrons. The fraction of sp³-hybridized carbons (Fsp3) is 0.0526. The fourth-order valence-electron chi connectivity index (χ4n) is 2.60. The second-order valence-corrected chi connectivity index (χ2v) is 6.57. The average Bonchev–Trinajstić information content (AvgIpc) is 3.24. The number of fused-ring (bicyclic) bond motifs is 1. The molecule has 0 aliphatic carbocycles. The Hall–Kier alpha value is -2.92. The number of imidazole rings is 1. The third-order valence-electron chi connectivity index (χ3n) is 3.78. The van der Waals surface area contributed by atoms with Crippen LogP contribution >= 0.6 is 11.3 Å². The van der Waals surface area contributed by atoms with Crippen molar-refractivity contribution in [3.63, 3.8) is 0 Å². The van der Waals surface area contributed by atoms with E-state index >= 15 is 0 Å². The van der Waals surface area contributed by atoms with E-state index in [9.17, 15) is 4.79 Å². The predicted octanol–water partition coefficient (Wildman–Crippen LogP) is 4.85. The smallest absolute Gasteiger partial charge is 0.265 e. The summed E-state index contributed by atoms with van der Waals surface area (Å²) in [6.45, 7) is 2.06. The highest BCUT2D eigenvalue weighted by Crippen LogP contribution is 2.24. The van der Waals surface area contributed by atoms with Gasteiger partial charge in [-0.1, -0.05) is 24.3 Å². The molecule has 2 N–H and O–H groups in total. The molecule has 0 bridgehead atoms. The number of aryl methyl sites for hydroxylation is 1. The van der Waals surface area contributed by atoms with Crippen molar-refractivity contribution in [1.82, 2.24) is 9.97 Å². The molecule has 0 spiro atoms. The van der Waals surface area contributed by atoms with E-state index in [0.29, 0.717) is 4.88 Å². The van der Waals surface area contributed by atoms with E-state index in [4.69, 9.17) is 0 Å². The number of hydrogen-bond donors (Lipinski definition) is 2. The summed E-state index contributed by atoms with van der Waals surface area (Å²) in [5.74, 6) is 0.699. The second kappa shape index (κ2) is 5.94. The molecule has 0 unspecified atom stereocenters. The maximum absolute atomic E-state index is 12.2. The third kappa shape index (κ3) is 2.81. The van der Waals surface area contributed by atoms with Crippen LogP contribution in [0.15, 0.2) is 60.0 Å². The number of anilines is 1. The van der Waals surface area contributed by atoms with Gasteiger partial charge in [-0.15, -0.1) is 11.3 Å². The topological polar surface area (TPSA) is 57.8 Å². The SMILES string of the molecule is Cc1ccc2nc(-c3cccc(NC(=O)c4cccs4)c3)[nH]c2c1. The minimum atomic E-state index is -0.0950. The molecule has 0 saturated carbocycles. The highest BCUT2D eigenvalue weighted by atomic mass is 32.1. The molecule has 118 valence electrons. The molecule has 4 aromatic rings. The number of H-pyrrole nitrogens is 1. The highest BCUT2D eigenvalue weighted by Gasteiger charge is 2.09. The van der Waals surface area contributed by atoms with Crippen molar-refractivity contribution in [1.29, 1.82) is 0 Å². The Bertz CT molecular complexity index is 1020. The van der Waals surface area contributed by atoms with E-state index in [1.165, 1.54) is 16.9 Å². The minimum Gasteiger partial charge on any atom is -0.338 e. The van der Waals surface area contributed by atoms with E-state index < -0.39 is 0 Å². The normalized spacial score (nSPS) is 10.9. The van der Waals surface area contributed by atoms with Crippen LogP contribution in [0.2, 0.25) is 0 Å². The molecule has 2 heterocycles. The number of thiophene rings is 1. The van der Waals surface area contributed by atoms with Crippen LogP contribution in [-0.2, 0) is 0 Å². The Morgan fingerprint density at radius 2 is 2.04 bits per heavy atom.